The number of rotatable bonds is 7. The summed E-state index contributed by atoms with van der Waals surface area (Å²) in [5.41, 5.74) is 0.462. The lowest BCUT2D eigenvalue weighted by atomic mass is 10.1. The van der Waals surface area contributed by atoms with Gasteiger partial charge in [-0.3, -0.25) is 4.79 Å². The van der Waals surface area contributed by atoms with Crippen LogP contribution >= 0.6 is 0 Å². The van der Waals surface area contributed by atoms with Gasteiger partial charge in [0.25, 0.3) is 5.91 Å². The molecule has 1 amide bonds. The zero-order valence-electron chi connectivity index (χ0n) is 14.5. The van der Waals surface area contributed by atoms with Crippen LogP contribution in [0.1, 0.15) is 30.6 Å². The average Bonchev–Trinajstić information content (AvgIpc) is 2.55. The maximum Gasteiger partial charge on any atom is 0.252 e. The van der Waals surface area contributed by atoms with Crippen molar-refractivity contribution in [2.45, 2.75) is 25.2 Å². The molecule has 6 nitrogen and oxygen atoms in total. The Morgan fingerprint density at radius 2 is 1.84 bits per heavy atom. The fourth-order valence-electron chi connectivity index (χ4n) is 2.03. The van der Waals surface area contributed by atoms with Gasteiger partial charge in [-0.1, -0.05) is 13.8 Å². The van der Waals surface area contributed by atoms with Gasteiger partial charge in [-0.25, -0.2) is 13.4 Å². The summed E-state index contributed by atoms with van der Waals surface area (Å²) in [4.78, 5) is 16.3. The van der Waals surface area contributed by atoms with Gasteiger partial charge in [0.2, 0.25) is 5.88 Å². The topological polar surface area (TPSA) is 85.4 Å². The molecule has 7 heteroatoms. The number of sulfone groups is 1. The monoisotopic (exact) mass is 362 g/mol. The van der Waals surface area contributed by atoms with Crippen LogP contribution in [0.4, 0.5) is 0 Å². The number of hydrogen-bond acceptors (Lipinski definition) is 5. The smallest absolute Gasteiger partial charge is 0.252 e. The average molecular weight is 362 g/mol. The van der Waals surface area contributed by atoms with Gasteiger partial charge in [0.1, 0.15) is 5.75 Å². The highest BCUT2D eigenvalue weighted by Gasteiger charge is 2.09. The van der Waals surface area contributed by atoms with E-state index in [1.165, 1.54) is 18.3 Å². The van der Waals surface area contributed by atoms with Crippen molar-refractivity contribution in [1.82, 2.24) is 10.3 Å². The second-order valence-corrected chi connectivity index (χ2v) is 8.18. The van der Waals surface area contributed by atoms with Crippen LogP contribution in [0, 0.1) is 5.92 Å². The normalized spacial score (nSPS) is 11.4. The fraction of sp³-hybridized carbons (Fsp3) is 0.333. The van der Waals surface area contributed by atoms with E-state index < -0.39 is 9.84 Å². The molecule has 1 heterocycles. The highest BCUT2D eigenvalue weighted by Crippen LogP contribution is 2.21. The maximum atomic E-state index is 12.0. The van der Waals surface area contributed by atoms with Crippen LogP contribution in [-0.4, -0.2) is 32.1 Å². The molecule has 25 heavy (non-hydrogen) atoms. The Morgan fingerprint density at radius 1 is 1.16 bits per heavy atom. The minimum Gasteiger partial charge on any atom is -0.439 e. The van der Waals surface area contributed by atoms with Gasteiger partial charge in [0.15, 0.2) is 9.84 Å². The van der Waals surface area contributed by atoms with Crippen molar-refractivity contribution in [3.05, 3.63) is 48.2 Å². The molecule has 0 radical (unpaired) electrons. The molecule has 1 aromatic carbocycles. The summed E-state index contributed by atoms with van der Waals surface area (Å²) in [5, 5.41) is 2.84. The molecule has 2 rings (SSSR count). The lowest BCUT2D eigenvalue weighted by molar-refractivity contribution is 0.0951. The number of nitrogens with zero attached hydrogens (tertiary/aromatic N) is 1. The van der Waals surface area contributed by atoms with Crippen LogP contribution < -0.4 is 10.1 Å². The van der Waals surface area contributed by atoms with Gasteiger partial charge < -0.3 is 10.1 Å². The van der Waals surface area contributed by atoms with E-state index in [1.807, 2.05) is 0 Å². The number of pyridine rings is 1. The minimum atomic E-state index is -3.24. The number of carbonyl (C=O) groups excluding carboxylic acids is 1. The quantitative estimate of drug-likeness (QED) is 0.818. The van der Waals surface area contributed by atoms with Crippen molar-refractivity contribution in [3.8, 4) is 11.6 Å². The highest BCUT2D eigenvalue weighted by atomic mass is 32.2. The summed E-state index contributed by atoms with van der Waals surface area (Å²) in [6.45, 7) is 4.83. The number of benzene rings is 1. The molecule has 1 aromatic heterocycles. The molecular formula is C18H22N2O4S. The standard InChI is InChI=1S/C18H22N2O4S/c1-13(2)10-11-19-18(21)14-4-9-17(20-12-14)24-15-5-7-16(8-6-15)25(3,22)23/h4-9,12-13H,10-11H2,1-3H3,(H,19,21). The Bertz CT molecular complexity index is 813. The molecule has 0 aliphatic heterocycles. The van der Waals surface area contributed by atoms with E-state index in [0.29, 0.717) is 29.7 Å². The Balaban J connectivity index is 1.97. The van der Waals surface area contributed by atoms with Crippen LogP contribution in [0.5, 0.6) is 11.6 Å². The molecule has 0 fully saturated rings. The summed E-state index contributed by atoms with van der Waals surface area (Å²) >= 11 is 0. The third-order valence-corrected chi connectivity index (χ3v) is 4.61. The number of amides is 1. The van der Waals surface area contributed by atoms with E-state index in [0.717, 1.165) is 12.7 Å². The summed E-state index contributed by atoms with van der Waals surface area (Å²) in [6.07, 6.45) is 3.52. The van der Waals surface area contributed by atoms with Crippen molar-refractivity contribution in [2.75, 3.05) is 12.8 Å². The van der Waals surface area contributed by atoms with Gasteiger partial charge in [0, 0.05) is 25.1 Å². The second-order valence-electron chi connectivity index (χ2n) is 6.17. The summed E-state index contributed by atoms with van der Waals surface area (Å²) < 4.78 is 28.4. The zero-order chi connectivity index (χ0) is 18.4. The second kappa shape index (κ2) is 8.11. The third-order valence-electron chi connectivity index (χ3n) is 3.48. The van der Waals surface area contributed by atoms with Crippen molar-refractivity contribution in [3.63, 3.8) is 0 Å². The van der Waals surface area contributed by atoms with E-state index in [1.54, 1.807) is 24.3 Å². The number of carbonyl (C=O) groups is 1. The van der Waals surface area contributed by atoms with E-state index in [9.17, 15) is 13.2 Å². The summed E-state index contributed by atoms with van der Waals surface area (Å²) in [6, 6.07) is 9.30. The number of ether oxygens (including phenoxy) is 1. The lowest BCUT2D eigenvalue weighted by Crippen LogP contribution is -2.25. The zero-order valence-corrected chi connectivity index (χ0v) is 15.3. The van der Waals surface area contributed by atoms with Crippen molar-refractivity contribution in [1.29, 1.82) is 0 Å². The predicted molar refractivity (Wildman–Crippen MR) is 95.7 cm³/mol. The molecule has 0 aliphatic carbocycles. The van der Waals surface area contributed by atoms with E-state index >= 15 is 0 Å². The molecule has 0 saturated heterocycles. The Hall–Kier alpha value is -2.41. The van der Waals surface area contributed by atoms with Gasteiger partial charge >= 0.3 is 0 Å². The van der Waals surface area contributed by atoms with Crippen molar-refractivity contribution in [2.24, 2.45) is 5.92 Å². The van der Waals surface area contributed by atoms with Crippen LogP contribution in [0.2, 0.25) is 0 Å². The Labute approximate surface area is 148 Å². The molecule has 0 unspecified atom stereocenters. The van der Waals surface area contributed by atoms with E-state index in [2.05, 4.69) is 24.1 Å². The first kappa shape index (κ1) is 18.9. The molecule has 0 saturated carbocycles. The first-order valence-corrected chi connectivity index (χ1v) is 9.87. The van der Waals surface area contributed by atoms with Gasteiger partial charge in [0.05, 0.1) is 10.5 Å². The molecule has 0 atom stereocenters. The van der Waals surface area contributed by atoms with Gasteiger partial charge in [-0.2, -0.15) is 0 Å². The highest BCUT2D eigenvalue weighted by molar-refractivity contribution is 7.90. The Morgan fingerprint density at radius 3 is 2.36 bits per heavy atom. The first-order chi connectivity index (χ1) is 11.8. The van der Waals surface area contributed by atoms with Crippen molar-refractivity contribution >= 4 is 15.7 Å². The third kappa shape index (κ3) is 5.86. The summed E-state index contributed by atoms with van der Waals surface area (Å²) in [5.74, 6) is 1.15. The molecular weight excluding hydrogens is 340 g/mol. The molecule has 0 aliphatic rings. The maximum absolute atomic E-state index is 12.0. The van der Waals surface area contributed by atoms with Crippen LogP contribution in [-0.2, 0) is 9.84 Å². The molecule has 1 N–H and O–H groups in total. The van der Waals surface area contributed by atoms with Gasteiger partial charge in [-0.05, 0) is 42.7 Å². The number of hydrogen-bond donors (Lipinski definition) is 1. The number of nitrogens with one attached hydrogen (secondary N) is 1. The number of aromatic nitrogens is 1. The van der Waals surface area contributed by atoms with Crippen LogP contribution in [0.25, 0.3) is 0 Å². The molecule has 0 bridgehead atoms. The molecule has 134 valence electrons. The SMILES string of the molecule is CC(C)CCNC(=O)c1ccc(Oc2ccc(S(C)(=O)=O)cc2)nc1. The molecule has 0 spiro atoms. The summed E-state index contributed by atoms with van der Waals surface area (Å²) in [7, 11) is -3.24. The van der Waals surface area contributed by atoms with Crippen LogP contribution in [0.15, 0.2) is 47.5 Å². The van der Waals surface area contributed by atoms with Gasteiger partial charge in [-0.15, -0.1) is 0 Å². The minimum absolute atomic E-state index is 0.169. The lowest BCUT2D eigenvalue weighted by Gasteiger charge is -2.08. The van der Waals surface area contributed by atoms with Crippen molar-refractivity contribution < 1.29 is 17.9 Å². The van der Waals surface area contributed by atoms with Crippen LogP contribution in [0.3, 0.4) is 0 Å². The van der Waals surface area contributed by atoms with E-state index in [-0.39, 0.29) is 10.8 Å². The largest absolute Gasteiger partial charge is 0.439 e. The predicted octanol–water partition coefficient (Wildman–Crippen LogP) is 3.05. The first-order valence-electron chi connectivity index (χ1n) is 7.98. The Kier molecular flexibility index (Phi) is 6.14. The molecule has 2 aromatic rings. The fourth-order valence-corrected chi connectivity index (χ4v) is 2.66. The van der Waals surface area contributed by atoms with E-state index in [4.69, 9.17) is 4.74 Å².